The molecule has 4 rings (SSSR count). The van der Waals surface area contributed by atoms with Crippen LogP contribution in [0.2, 0.25) is 0 Å². The van der Waals surface area contributed by atoms with E-state index in [4.69, 9.17) is 4.74 Å². The molecule has 172 valence electrons. The van der Waals surface area contributed by atoms with E-state index < -0.39 is 0 Å². The molecule has 1 saturated heterocycles. The first-order chi connectivity index (χ1) is 16.0. The number of amides is 3. The van der Waals surface area contributed by atoms with Crippen LogP contribution < -0.4 is 15.2 Å². The van der Waals surface area contributed by atoms with Crippen molar-refractivity contribution in [3.63, 3.8) is 0 Å². The van der Waals surface area contributed by atoms with Crippen molar-refractivity contribution in [1.29, 1.82) is 0 Å². The molecular formula is C24H27N5O4. The monoisotopic (exact) mass is 449 g/mol. The van der Waals surface area contributed by atoms with Crippen molar-refractivity contribution in [1.82, 2.24) is 4.90 Å². The highest BCUT2D eigenvalue weighted by molar-refractivity contribution is 6.40. The number of hydrogen-bond acceptors (Lipinski definition) is 6. The van der Waals surface area contributed by atoms with Gasteiger partial charge in [-0.1, -0.05) is 18.2 Å². The summed E-state index contributed by atoms with van der Waals surface area (Å²) in [6, 6.07) is 16.6. The molecule has 0 aromatic heterocycles. The highest BCUT2D eigenvalue weighted by atomic mass is 16.5. The minimum atomic E-state index is -0.374. The Labute approximate surface area is 192 Å². The summed E-state index contributed by atoms with van der Waals surface area (Å²) in [5, 5.41) is 8.34. The van der Waals surface area contributed by atoms with Crippen LogP contribution in [0.25, 0.3) is 0 Å². The summed E-state index contributed by atoms with van der Waals surface area (Å²) in [4.78, 5) is 41.2. The first-order valence-electron chi connectivity index (χ1n) is 10.9. The first-order valence-corrected chi connectivity index (χ1v) is 10.9. The van der Waals surface area contributed by atoms with E-state index in [0.29, 0.717) is 24.6 Å². The number of carbonyl (C=O) groups is 3. The zero-order valence-electron chi connectivity index (χ0n) is 18.6. The van der Waals surface area contributed by atoms with Gasteiger partial charge in [0.25, 0.3) is 5.91 Å². The number of rotatable bonds is 6. The number of morpholine rings is 1. The van der Waals surface area contributed by atoms with Gasteiger partial charge in [-0.15, -0.1) is 0 Å². The fraction of sp³-hybridized carbons (Fsp3) is 0.333. The van der Waals surface area contributed by atoms with Gasteiger partial charge < -0.3 is 19.9 Å². The summed E-state index contributed by atoms with van der Waals surface area (Å²) >= 11 is 0. The van der Waals surface area contributed by atoms with E-state index in [1.54, 1.807) is 31.3 Å². The maximum absolute atomic E-state index is 12.9. The number of carbonyl (C=O) groups excluding carboxylic acids is 3. The van der Waals surface area contributed by atoms with Gasteiger partial charge in [-0.3, -0.25) is 14.4 Å². The number of nitrogens with one attached hydrogen (secondary N) is 1. The number of para-hydroxylation sites is 1. The quantitative estimate of drug-likeness (QED) is 0.729. The normalized spacial score (nSPS) is 16.3. The molecule has 0 saturated carbocycles. The Morgan fingerprint density at radius 1 is 1.00 bits per heavy atom. The number of benzene rings is 2. The predicted octanol–water partition coefficient (Wildman–Crippen LogP) is 2.10. The minimum Gasteiger partial charge on any atom is -0.378 e. The molecule has 33 heavy (non-hydrogen) atoms. The lowest BCUT2D eigenvalue weighted by Gasteiger charge is -2.29. The standard InChI is InChI=1S/C24H27N5O4/c1-27(24(32)21-11-12-23(31)29(26-21)20-5-3-2-4-6-20)17-22(30)25-18-7-9-19(10-8-18)28-13-15-33-16-14-28/h2-10H,11-17H2,1H3,(H,25,30). The topological polar surface area (TPSA) is 94.6 Å². The molecule has 0 aliphatic carbocycles. The summed E-state index contributed by atoms with van der Waals surface area (Å²) in [6.45, 7) is 2.98. The molecule has 9 nitrogen and oxygen atoms in total. The van der Waals surface area contributed by atoms with Gasteiger partial charge >= 0.3 is 0 Å². The van der Waals surface area contributed by atoms with E-state index >= 15 is 0 Å². The molecule has 2 heterocycles. The first kappa shape index (κ1) is 22.5. The van der Waals surface area contributed by atoms with Crippen LogP contribution in [0.5, 0.6) is 0 Å². The van der Waals surface area contributed by atoms with Gasteiger partial charge in [0.2, 0.25) is 11.8 Å². The molecule has 1 N–H and O–H groups in total. The Balaban J connectivity index is 1.34. The Kier molecular flexibility index (Phi) is 6.99. The smallest absolute Gasteiger partial charge is 0.270 e. The summed E-state index contributed by atoms with van der Waals surface area (Å²) < 4.78 is 5.37. The third-order valence-corrected chi connectivity index (χ3v) is 5.54. The van der Waals surface area contributed by atoms with E-state index in [1.165, 1.54) is 9.91 Å². The van der Waals surface area contributed by atoms with Gasteiger partial charge in [0, 0.05) is 44.4 Å². The van der Waals surface area contributed by atoms with Crippen molar-refractivity contribution < 1.29 is 19.1 Å². The SMILES string of the molecule is CN(CC(=O)Nc1ccc(N2CCOCC2)cc1)C(=O)C1=NN(c2ccccc2)C(=O)CC1. The summed E-state index contributed by atoms with van der Waals surface area (Å²) in [5.41, 5.74) is 2.60. The molecular weight excluding hydrogens is 422 g/mol. The van der Waals surface area contributed by atoms with Gasteiger partial charge in [0.05, 0.1) is 25.4 Å². The molecule has 0 radical (unpaired) electrons. The Morgan fingerprint density at radius 3 is 2.39 bits per heavy atom. The summed E-state index contributed by atoms with van der Waals surface area (Å²) in [7, 11) is 1.55. The van der Waals surface area contributed by atoms with Crippen LogP contribution in [0, 0.1) is 0 Å². The van der Waals surface area contributed by atoms with Crippen molar-refractivity contribution in [3.05, 3.63) is 54.6 Å². The second-order valence-corrected chi connectivity index (χ2v) is 7.94. The second kappa shape index (κ2) is 10.3. The van der Waals surface area contributed by atoms with Gasteiger partial charge in [0.1, 0.15) is 5.71 Å². The zero-order chi connectivity index (χ0) is 23.2. The molecule has 0 spiro atoms. The van der Waals surface area contributed by atoms with Gasteiger partial charge in [-0.25, -0.2) is 5.01 Å². The van der Waals surface area contributed by atoms with Crippen LogP contribution in [0.15, 0.2) is 59.7 Å². The highest BCUT2D eigenvalue weighted by Gasteiger charge is 2.27. The van der Waals surface area contributed by atoms with Crippen LogP contribution in [0.1, 0.15) is 12.8 Å². The van der Waals surface area contributed by atoms with Crippen molar-refractivity contribution in [2.24, 2.45) is 5.10 Å². The predicted molar refractivity (Wildman–Crippen MR) is 126 cm³/mol. The maximum atomic E-state index is 12.9. The maximum Gasteiger partial charge on any atom is 0.270 e. The molecule has 2 aromatic rings. The van der Waals surface area contributed by atoms with Crippen molar-refractivity contribution >= 4 is 40.5 Å². The zero-order valence-corrected chi connectivity index (χ0v) is 18.6. The fourth-order valence-corrected chi connectivity index (χ4v) is 3.76. The third kappa shape index (κ3) is 5.56. The largest absolute Gasteiger partial charge is 0.378 e. The van der Waals surface area contributed by atoms with Gasteiger partial charge in [-0.2, -0.15) is 5.10 Å². The van der Waals surface area contributed by atoms with E-state index in [9.17, 15) is 14.4 Å². The van der Waals surface area contributed by atoms with E-state index in [0.717, 1.165) is 18.8 Å². The lowest BCUT2D eigenvalue weighted by atomic mass is 10.1. The van der Waals surface area contributed by atoms with Crippen molar-refractivity contribution in [3.8, 4) is 0 Å². The molecule has 0 atom stereocenters. The van der Waals surface area contributed by atoms with Crippen LogP contribution >= 0.6 is 0 Å². The Bertz CT molecular complexity index is 1030. The fourth-order valence-electron chi connectivity index (χ4n) is 3.76. The molecule has 2 aliphatic heterocycles. The number of nitrogens with zero attached hydrogens (tertiary/aromatic N) is 4. The number of hydrogen-bond donors (Lipinski definition) is 1. The van der Waals surface area contributed by atoms with E-state index in [1.807, 2.05) is 30.3 Å². The average molecular weight is 450 g/mol. The highest BCUT2D eigenvalue weighted by Crippen LogP contribution is 2.21. The molecule has 0 bridgehead atoms. The minimum absolute atomic E-state index is 0.123. The lowest BCUT2D eigenvalue weighted by molar-refractivity contribution is -0.128. The van der Waals surface area contributed by atoms with E-state index in [-0.39, 0.29) is 42.8 Å². The van der Waals surface area contributed by atoms with E-state index in [2.05, 4.69) is 15.3 Å². The van der Waals surface area contributed by atoms with Crippen LogP contribution in [0.4, 0.5) is 17.1 Å². The molecule has 3 amide bonds. The number of ether oxygens (including phenoxy) is 1. The molecule has 9 heteroatoms. The second-order valence-electron chi connectivity index (χ2n) is 7.94. The molecule has 1 fully saturated rings. The van der Waals surface area contributed by atoms with Gasteiger partial charge in [-0.05, 0) is 36.4 Å². The van der Waals surface area contributed by atoms with Gasteiger partial charge in [0.15, 0.2) is 0 Å². The third-order valence-electron chi connectivity index (χ3n) is 5.54. The molecule has 0 unspecified atom stereocenters. The molecule has 2 aromatic carbocycles. The number of hydrazone groups is 1. The summed E-state index contributed by atoms with van der Waals surface area (Å²) in [6.07, 6.45) is 0.435. The summed E-state index contributed by atoms with van der Waals surface area (Å²) in [5.74, 6) is -0.850. The van der Waals surface area contributed by atoms with Crippen LogP contribution in [0.3, 0.4) is 0 Å². The Morgan fingerprint density at radius 2 is 1.70 bits per heavy atom. The van der Waals surface area contributed by atoms with Crippen LogP contribution in [-0.2, 0) is 19.1 Å². The number of anilines is 3. The van der Waals surface area contributed by atoms with Crippen molar-refractivity contribution in [2.75, 3.05) is 55.1 Å². The average Bonchev–Trinajstić information content (AvgIpc) is 2.85. The molecule has 2 aliphatic rings. The lowest BCUT2D eigenvalue weighted by Crippen LogP contribution is -2.42. The van der Waals surface area contributed by atoms with Crippen molar-refractivity contribution in [2.45, 2.75) is 12.8 Å². The van der Waals surface area contributed by atoms with Crippen LogP contribution in [-0.4, -0.2) is 68.2 Å². The Hall–Kier alpha value is -3.72. The number of likely N-dealkylation sites (N-methyl/N-ethyl adjacent to an activating group) is 1.